The lowest BCUT2D eigenvalue weighted by molar-refractivity contribution is 0.416. The van der Waals surface area contributed by atoms with Crippen molar-refractivity contribution in [2.75, 3.05) is 17.7 Å². The summed E-state index contributed by atoms with van der Waals surface area (Å²) in [5, 5.41) is 7.18. The summed E-state index contributed by atoms with van der Waals surface area (Å²) in [5.74, 6) is 1.88. The smallest absolute Gasteiger partial charge is 0.225 e. The van der Waals surface area contributed by atoms with Crippen molar-refractivity contribution in [1.82, 2.24) is 15.0 Å². The molecule has 0 unspecified atom stereocenters. The standard InChI is InChI=1S/C19H20ClN5O/c1-12-8-16(17(26-3)10-15(12)20)24-18-9-13(2)23-19(25-18)22-11-14-4-6-21-7-5-14/h4-10H,11H2,1-3H3,(H2,22,23,24,25). The van der Waals surface area contributed by atoms with E-state index in [1.807, 2.05) is 38.1 Å². The van der Waals surface area contributed by atoms with E-state index >= 15 is 0 Å². The first-order valence-electron chi connectivity index (χ1n) is 8.15. The molecule has 0 aliphatic rings. The van der Waals surface area contributed by atoms with E-state index in [4.69, 9.17) is 16.3 Å². The first-order chi connectivity index (χ1) is 12.5. The highest BCUT2D eigenvalue weighted by Gasteiger charge is 2.09. The fraction of sp³-hybridized carbons (Fsp3) is 0.211. The molecular weight excluding hydrogens is 350 g/mol. The van der Waals surface area contributed by atoms with Crippen LogP contribution in [0.15, 0.2) is 42.7 Å². The molecule has 0 amide bonds. The van der Waals surface area contributed by atoms with Crippen LogP contribution in [0.4, 0.5) is 17.5 Å². The number of benzene rings is 1. The number of methoxy groups -OCH3 is 1. The maximum atomic E-state index is 6.17. The summed E-state index contributed by atoms with van der Waals surface area (Å²) in [7, 11) is 1.61. The van der Waals surface area contributed by atoms with Crippen molar-refractivity contribution in [3.8, 4) is 5.75 Å². The minimum absolute atomic E-state index is 0.550. The molecule has 6 nitrogen and oxygen atoms in total. The molecule has 0 saturated carbocycles. The van der Waals surface area contributed by atoms with Crippen molar-refractivity contribution in [3.05, 3.63) is 64.6 Å². The van der Waals surface area contributed by atoms with E-state index in [1.165, 1.54) is 0 Å². The monoisotopic (exact) mass is 369 g/mol. The highest BCUT2D eigenvalue weighted by molar-refractivity contribution is 6.31. The van der Waals surface area contributed by atoms with Crippen molar-refractivity contribution < 1.29 is 4.74 Å². The van der Waals surface area contributed by atoms with Gasteiger partial charge in [-0.3, -0.25) is 4.98 Å². The SMILES string of the molecule is COc1cc(Cl)c(C)cc1Nc1cc(C)nc(NCc2ccncc2)n1. The topological polar surface area (TPSA) is 72.0 Å². The van der Waals surface area contributed by atoms with Gasteiger partial charge in [-0.15, -0.1) is 0 Å². The lowest BCUT2D eigenvalue weighted by atomic mass is 10.2. The molecule has 2 N–H and O–H groups in total. The number of hydrogen-bond donors (Lipinski definition) is 2. The number of aryl methyl sites for hydroxylation is 2. The Morgan fingerprint density at radius 2 is 1.85 bits per heavy atom. The van der Waals surface area contributed by atoms with E-state index in [9.17, 15) is 0 Å². The van der Waals surface area contributed by atoms with Crippen LogP contribution in [0.1, 0.15) is 16.8 Å². The minimum atomic E-state index is 0.550. The highest BCUT2D eigenvalue weighted by atomic mass is 35.5. The second-order valence-corrected chi connectivity index (χ2v) is 6.26. The number of anilines is 3. The summed E-state index contributed by atoms with van der Waals surface area (Å²) >= 11 is 6.17. The molecule has 3 rings (SSSR count). The lowest BCUT2D eigenvalue weighted by Crippen LogP contribution is -2.06. The van der Waals surface area contributed by atoms with E-state index in [0.29, 0.717) is 29.1 Å². The van der Waals surface area contributed by atoms with Crippen LogP contribution in [0.5, 0.6) is 5.75 Å². The van der Waals surface area contributed by atoms with Gasteiger partial charge in [0.1, 0.15) is 11.6 Å². The Labute approximate surface area is 157 Å². The Balaban J connectivity index is 1.81. The Morgan fingerprint density at radius 3 is 2.58 bits per heavy atom. The van der Waals surface area contributed by atoms with Crippen LogP contribution in [0.25, 0.3) is 0 Å². The van der Waals surface area contributed by atoms with Crippen molar-refractivity contribution in [3.63, 3.8) is 0 Å². The third-order valence-corrected chi connectivity index (χ3v) is 4.20. The number of hydrogen-bond acceptors (Lipinski definition) is 6. The average Bonchev–Trinajstić information content (AvgIpc) is 2.63. The third-order valence-electron chi connectivity index (χ3n) is 3.80. The molecule has 0 spiro atoms. The fourth-order valence-electron chi connectivity index (χ4n) is 2.46. The van der Waals surface area contributed by atoms with Crippen molar-refractivity contribution in [1.29, 1.82) is 0 Å². The molecule has 26 heavy (non-hydrogen) atoms. The molecule has 2 aromatic heterocycles. The number of halogens is 1. The Bertz CT molecular complexity index is 902. The van der Waals surface area contributed by atoms with Gasteiger partial charge >= 0.3 is 0 Å². The van der Waals surface area contributed by atoms with E-state index in [2.05, 4.69) is 25.6 Å². The zero-order valence-corrected chi connectivity index (χ0v) is 15.6. The molecule has 2 heterocycles. The van der Waals surface area contributed by atoms with Gasteiger partial charge in [-0.25, -0.2) is 4.98 Å². The summed E-state index contributed by atoms with van der Waals surface area (Å²) in [4.78, 5) is 13.0. The number of pyridine rings is 1. The second-order valence-electron chi connectivity index (χ2n) is 5.85. The van der Waals surface area contributed by atoms with E-state index in [-0.39, 0.29) is 0 Å². The van der Waals surface area contributed by atoms with E-state index in [1.54, 1.807) is 25.6 Å². The van der Waals surface area contributed by atoms with Crippen molar-refractivity contribution in [2.24, 2.45) is 0 Å². The summed E-state index contributed by atoms with van der Waals surface area (Å²) in [6.07, 6.45) is 3.52. The Morgan fingerprint density at radius 1 is 1.08 bits per heavy atom. The molecule has 0 aliphatic carbocycles. The van der Waals surface area contributed by atoms with Gasteiger partial charge in [-0.2, -0.15) is 4.98 Å². The molecule has 0 bridgehead atoms. The maximum Gasteiger partial charge on any atom is 0.225 e. The number of ether oxygens (including phenoxy) is 1. The zero-order valence-electron chi connectivity index (χ0n) is 14.9. The molecule has 134 valence electrons. The van der Waals surface area contributed by atoms with Gasteiger partial charge in [0, 0.05) is 41.8 Å². The zero-order chi connectivity index (χ0) is 18.5. The molecule has 0 fully saturated rings. The normalized spacial score (nSPS) is 10.5. The number of aromatic nitrogens is 3. The van der Waals surface area contributed by atoms with Gasteiger partial charge in [0.25, 0.3) is 0 Å². The molecule has 3 aromatic rings. The molecule has 1 aromatic carbocycles. The molecule has 0 aliphatic heterocycles. The van der Waals surface area contributed by atoms with Crippen LogP contribution in [0.3, 0.4) is 0 Å². The third kappa shape index (κ3) is 4.40. The van der Waals surface area contributed by atoms with Crippen LogP contribution in [0.2, 0.25) is 5.02 Å². The predicted molar refractivity (Wildman–Crippen MR) is 104 cm³/mol. The first-order valence-corrected chi connectivity index (χ1v) is 8.52. The van der Waals surface area contributed by atoms with Gasteiger partial charge in [0.05, 0.1) is 12.8 Å². The van der Waals surface area contributed by atoms with Crippen LogP contribution in [0, 0.1) is 13.8 Å². The van der Waals surface area contributed by atoms with Crippen LogP contribution in [-0.4, -0.2) is 22.1 Å². The second kappa shape index (κ2) is 8.01. The minimum Gasteiger partial charge on any atom is -0.495 e. The first kappa shape index (κ1) is 17.9. The summed E-state index contributed by atoms with van der Waals surface area (Å²) in [6, 6.07) is 9.49. The Hall–Kier alpha value is -2.86. The highest BCUT2D eigenvalue weighted by Crippen LogP contribution is 2.32. The summed E-state index contributed by atoms with van der Waals surface area (Å²) in [6.45, 7) is 4.49. The maximum absolute atomic E-state index is 6.17. The van der Waals surface area contributed by atoms with Crippen LogP contribution in [-0.2, 0) is 6.54 Å². The predicted octanol–water partition coefficient (Wildman–Crippen LogP) is 4.51. The molecule has 0 radical (unpaired) electrons. The molecular formula is C19H20ClN5O. The molecule has 0 atom stereocenters. The molecule has 7 heteroatoms. The van der Waals surface area contributed by atoms with Crippen molar-refractivity contribution >= 4 is 29.1 Å². The quantitative estimate of drug-likeness (QED) is 0.666. The lowest BCUT2D eigenvalue weighted by Gasteiger charge is -2.14. The fourth-order valence-corrected chi connectivity index (χ4v) is 2.61. The number of nitrogens with one attached hydrogen (secondary N) is 2. The number of nitrogens with zero attached hydrogens (tertiary/aromatic N) is 3. The van der Waals surface area contributed by atoms with Gasteiger partial charge in [-0.05, 0) is 43.2 Å². The van der Waals surface area contributed by atoms with E-state index < -0.39 is 0 Å². The summed E-state index contributed by atoms with van der Waals surface area (Å²) in [5.41, 5.74) is 3.71. The van der Waals surface area contributed by atoms with Gasteiger partial charge in [-0.1, -0.05) is 11.6 Å². The van der Waals surface area contributed by atoms with Gasteiger partial charge in [0.2, 0.25) is 5.95 Å². The van der Waals surface area contributed by atoms with Crippen LogP contribution < -0.4 is 15.4 Å². The van der Waals surface area contributed by atoms with E-state index in [0.717, 1.165) is 22.5 Å². The summed E-state index contributed by atoms with van der Waals surface area (Å²) < 4.78 is 5.41. The van der Waals surface area contributed by atoms with Crippen molar-refractivity contribution in [2.45, 2.75) is 20.4 Å². The molecule has 0 saturated heterocycles. The van der Waals surface area contributed by atoms with Gasteiger partial charge < -0.3 is 15.4 Å². The Kier molecular flexibility index (Phi) is 5.53. The largest absolute Gasteiger partial charge is 0.495 e. The van der Waals surface area contributed by atoms with Gasteiger partial charge in [0.15, 0.2) is 0 Å². The van der Waals surface area contributed by atoms with Crippen LogP contribution >= 0.6 is 11.6 Å². The average molecular weight is 370 g/mol. The number of rotatable bonds is 6.